The molecule has 0 radical (unpaired) electrons. The van der Waals surface area contributed by atoms with Crippen molar-refractivity contribution >= 4 is 51.4 Å². The van der Waals surface area contributed by atoms with Gasteiger partial charge in [0.15, 0.2) is 0 Å². The van der Waals surface area contributed by atoms with Gasteiger partial charge in [-0.05, 0) is 36.4 Å². The van der Waals surface area contributed by atoms with Gasteiger partial charge in [-0.25, -0.2) is 4.98 Å². The molecule has 5 nitrogen and oxygen atoms in total. The summed E-state index contributed by atoms with van der Waals surface area (Å²) in [6.07, 6.45) is 0. The molecule has 0 atom stereocenters. The second-order valence-electron chi connectivity index (χ2n) is 4.47. The van der Waals surface area contributed by atoms with E-state index in [1.165, 1.54) is 0 Å². The molecule has 3 aromatic rings. The number of nitrogen functional groups attached to an aromatic ring is 1. The molecular weight excluding hydrogens is 311 g/mol. The number of hydrogen-bond acceptors (Lipinski definition) is 4. The van der Waals surface area contributed by atoms with Crippen molar-refractivity contribution in [2.75, 3.05) is 11.1 Å². The lowest BCUT2D eigenvalue weighted by Gasteiger charge is -2.07. The average Bonchev–Trinajstić information content (AvgIpc) is 2.38. The lowest BCUT2D eigenvalue weighted by atomic mass is 10.2. The standard InChI is InChI=1S/C14H10Cl2N4O/c15-7-3-8(16)5-10(4-7)18-14-19-12-2-1-9(17)6-11(12)13(21)20-14/h1-6H,17H2,(H2,18,19,20,21). The van der Waals surface area contributed by atoms with Crippen LogP contribution in [0.1, 0.15) is 0 Å². The van der Waals surface area contributed by atoms with E-state index >= 15 is 0 Å². The molecule has 0 saturated heterocycles. The predicted molar refractivity (Wildman–Crippen MR) is 86.5 cm³/mol. The molecule has 3 rings (SSSR count). The fraction of sp³-hybridized carbons (Fsp3) is 0. The van der Waals surface area contributed by atoms with Crippen molar-refractivity contribution in [3.05, 3.63) is 56.8 Å². The molecule has 0 spiro atoms. The van der Waals surface area contributed by atoms with Crippen LogP contribution >= 0.6 is 23.2 Å². The number of hydrogen-bond donors (Lipinski definition) is 3. The van der Waals surface area contributed by atoms with Crippen molar-refractivity contribution in [2.24, 2.45) is 0 Å². The Hall–Kier alpha value is -2.24. The first-order valence-corrected chi connectivity index (χ1v) is 6.79. The zero-order chi connectivity index (χ0) is 15.0. The SMILES string of the molecule is Nc1ccc2nc(Nc3cc(Cl)cc(Cl)c3)[nH]c(=O)c2c1. The monoisotopic (exact) mass is 320 g/mol. The maximum Gasteiger partial charge on any atom is 0.260 e. The Labute approximate surface area is 129 Å². The second-order valence-corrected chi connectivity index (χ2v) is 5.35. The van der Waals surface area contributed by atoms with Crippen LogP contribution < -0.4 is 16.6 Å². The first-order chi connectivity index (χ1) is 10.0. The highest BCUT2D eigenvalue weighted by atomic mass is 35.5. The molecule has 0 saturated carbocycles. The molecule has 106 valence electrons. The highest BCUT2D eigenvalue weighted by molar-refractivity contribution is 6.35. The average molecular weight is 321 g/mol. The summed E-state index contributed by atoms with van der Waals surface area (Å²) in [6.45, 7) is 0. The Morgan fingerprint density at radius 1 is 1.10 bits per heavy atom. The number of aromatic amines is 1. The minimum absolute atomic E-state index is 0.275. The smallest absolute Gasteiger partial charge is 0.260 e. The maximum absolute atomic E-state index is 12.0. The lowest BCUT2D eigenvalue weighted by molar-refractivity contribution is 1.17. The van der Waals surface area contributed by atoms with Gasteiger partial charge in [-0.15, -0.1) is 0 Å². The summed E-state index contributed by atoms with van der Waals surface area (Å²) in [7, 11) is 0. The maximum atomic E-state index is 12.0. The molecule has 0 fully saturated rings. The van der Waals surface area contributed by atoms with Crippen LogP contribution in [0.15, 0.2) is 41.2 Å². The zero-order valence-corrected chi connectivity index (χ0v) is 12.2. The number of fused-ring (bicyclic) bond motifs is 1. The molecule has 0 aliphatic rings. The zero-order valence-electron chi connectivity index (χ0n) is 10.7. The van der Waals surface area contributed by atoms with Gasteiger partial charge in [0.1, 0.15) is 0 Å². The number of halogens is 2. The van der Waals surface area contributed by atoms with Crippen molar-refractivity contribution in [2.45, 2.75) is 0 Å². The van der Waals surface area contributed by atoms with E-state index in [0.29, 0.717) is 38.3 Å². The number of benzene rings is 2. The fourth-order valence-corrected chi connectivity index (χ4v) is 2.50. The van der Waals surface area contributed by atoms with Gasteiger partial charge in [0.05, 0.1) is 10.9 Å². The Kier molecular flexibility index (Phi) is 3.45. The summed E-state index contributed by atoms with van der Waals surface area (Å²) < 4.78 is 0. The quantitative estimate of drug-likeness (QED) is 0.630. The van der Waals surface area contributed by atoms with Gasteiger partial charge in [-0.1, -0.05) is 23.2 Å². The summed E-state index contributed by atoms with van der Waals surface area (Å²) in [4.78, 5) is 19.0. The normalized spacial score (nSPS) is 10.8. The van der Waals surface area contributed by atoms with Gasteiger partial charge in [0, 0.05) is 21.4 Å². The largest absolute Gasteiger partial charge is 0.399 e. The minimum atomic E-state index is -0.275. The summed E-state index contributed by atoms with van der Waals surface area (Å²) in [6, 6.07) is 9.95. The molecule has 1 aromatic heterocycles. The van der Waals surface area contributed by atoms with Crippen LogP contribution in [-0.4, -0.2) is 9.97 Å². The number of nitrogens with two attached hydrogens (primary N) is 1. The van der Waals surface area contributed by atoms with E-state index < -0.39 is 0 Å². The Balaban J connectivity index is 2.05. The van der Waals surface area contributed by atoms with Crippen LogP contribution in [0.2, 0.25) is 10.0 Å². The molecule has 0 aliphatic heterocycles. The minimum Gasteiger partial charge on any atom is -0.399 e. The van der Waals surface area contributed by atoms with E-state index in [0.717, 1.165) is 0 Å². The number of nitrogens with one attached hydrogen (secondary N) is 2. The lowest BCUT2D eigenvalue weighted by Crippen LogP contribution is -2.11. The van der Waals surface area contributed by atoms with Gasteiger partial charge in [-0.2, -0.15) is 0 Å². The third-order valence-electron chi connectivity index (χ3n) is 2.85. The number of aromatic nitrogens is 2. The van der Waals surface area contributed by atoms with Crippen LogP contribution in [0.5, 0.6) is 0 Å². The molecule has 21 heavy (non-hydrogen) atoms. The number of H-pyrrole nitrogens is 1. The number of rotatable bonds is 2. The summed E-state index contributed by atoms with van der Waals surface area (Å²) in [5.74, 6) is 0.301. The van der Waals surface area contributed by atoms with Gasteiger partial charge < -0.3 is 11.1 Å². The third-order valence-corrected chi connectivity index (χ3v) is 3.29. The fourth-order valence-electron chi connectivity index (χ4n) is 1.98. The van der Waals surface area contributed by atoms with Crippen molar-refractivity contribution in [3.63, 3.8) is 0 Å². The second kappa shape index (κ2) is 5.27. The van der Waals surface area contributed by atoms with Crippen molar-refractivity contribution in [1.29, 1.82) is 0 Å². The van der Waals surface area contributed by atoms with Crippen molar-refractivity contribution in [3.8, 4) is 0 Å². The molecule has 0 bridgehead atoms. The summed E-state index contributed by atoms with van der Waals surface area (Å²) in [5.41, 5.74) is 7.07. The number of anilines is 3. The van der Waals surface area contributed by atoms with Gasteiger partial charge in [-0.3, -0.25) is 9.78 Å². The molecule has 1 heterocycles. The van der Waals surface area contributed by atoms with Crippen LogP contribution in [0.4, 0.5) is 17.3 Å². The highest BCUT2D eigenvalue weighted by Gasteiger charge is 2.05. The topological polar surface area (TPSA) is 83.8 Å². The Morgan fingerprint density at radius 3 is 2.52 bits per heavy atom. The van der Waals surface area contributed by atoms with Gasteiger partial charge in [0.25, 0.3) is 5.56 Å². The molecule has 7 heteroatoms. The molecule has 0 unspecified atom stereocenters. The molecule has 0 aliphatic carbocycles. The first-order valence-electron chi connectivity index (χ1n) is 6.04. The van der Waals surface area contributed by atoms with E-state index in [1.54, 1.807) is 36.4 Å². The number of nitrogens with zero attached hydrogens (tertiary/aromatic N) is 1. The van der Waals surface area contributed by atoms with Gasteiger partial charge >= 0.3 is 0 Å². The van der Waals surface area contributed by atoms with E-state index in [-0.39, 0.29) is 5.56 Å². The molecule has 2 aromatic carbocycles. The molecular formula is C14H10Cl2N4O. The van der Waals surface area contributed by atoms with Gasteiger partial charge in [0.2, 0.25) is 5.95 Å². The van der Waals surface area contributed by atoms with E-state index in [1.807, 2.05) is 0 Å². The predicted octanol–water partition coefficient (Wildman–Crippen LogP) is 3.56. The van der Waals surface area contributed by atoms with Crippen LogP contribution in [0.3, 0.4) is 0 Å². The van der Waals surface area contributed by atoms with Crippen LogP contribution in [-0.2, 0) is 0 Å². The molecule has 4 N–H and O–H groups in total. The van der Waals surface area contributed by atoms with Crippen LogP contribution in [0, 0.1) is 0 Å². The van der Waals surface area contributed by atoms with E-state index in [4.69, 9.17) is 28.9 Å². The third kappa shape index (κ3) is 2.94. The van der Waals surface area contributed by atoms with Crippen LogP contribution in [0.25, 0.3) is 10.9 Å². The highest BCUT2D eigenvalue weighted by Crippen LogP contribution is 2.24. The first kappa shape index (κ1) is 13.7. The molecule has 0 amide bonds. The van der Waals surface area contributed by atoms with E-state index in [2.05, 4.69) is 15.3 Å². The van der Waals surface area contributed by atoms with E-state index in [9.17, 15) is 4.79 Å². The Bertz CT molecular complexity index is 872. The van der Waals surface area contributed by atoms with Crippen molar-refractivity contribution in [1.82, 2.24) is 9.97 Å². The van der Waals surface area contributed by atoms with Crippen molar-refractivity contribution < 1.29 is 0 Å². The summed E-state index contributed by atoms with van der Waals surface area (Å²) in [5, 5.41) is 4.38. The summed E-state index contributed by atoms with van der Waals surface area (Å²) >= 11 is 11.9. The Morgan fingerprint density at radius 2 is 1.81 bits per heavy atom.